The van der Waals surface area contributed by atoms with Crippen LogP contribution in [-0.2, 0) is 0 Å². The van der Waals surface area contributed by atoms with Crippen molar-refractivity contribution in [3.8, 4) is 5.75 Å². The Kier molecular flexibility index (Phi) is 6.65. The Labute approximate surface area is 133 Å². The second kappa shape index (κ2) is 7.78. The van der Waals surface area contributed by atoms with Crippen molar-refractivity contribution in [2.24, 2.45) is 11.1 Å². The molecule has 1 aromatic rings. The summed E-state index contributed by atoms with van der Waals surface area (Å²) >= 11 is 0. The predicted octanol–water partition coefficient (Wildman–Crippen LogP) is 2.36. The lowest BCUT2D eigenvalue weighted by atomic mass is 9.90. The van der Waals surface area contributed by atoms with Crippen LogP contribution in [0.3, 0.4) is 0 Å². The van der Waals surface area contributed by atoms with Crippen molar-refractivity contribution in [3.63, 3.8) is 0 Å². The maximum absolute atomic E-state index is 11.5. The first kappa shape index (κ1) is 18.0. The molecule has 0 spiro atoms. The van der Waals surface area contributed by atoms with Gasteiger partial charge < -0.3 is 10.5 Å². The van der Waals surface area contributed by atoms with Gasteiger partial charge in [0.15, 0.2) is 5.78 Å². The fourth-order valence-electron chi connectivity index (χ4n) is 2.65. The number of ether oxygens (including phenoxy) is 1. The number of carbonyl (C=O) groups excluding carboxylic acids is 1. The number of likely N-dealkylation sites (tertiary alicyclic amines) is 1. The molecule has 0 aromatic heterocycles. The molecule has 1 aliphatic heterocycles. The van der Waals surface area contributed by atoms with E-state index in [1.165, 1.54) is 0 Å². The molecule has 1 saturated heterocycles. The molecule has 118 valence electrons. The monoisotopic (exact) mass is 312 g/mol. The molecule has 0 saturated carbocycles. The van der Waals surface area contributed by atoms with E-state index in [1.807, 2.05) is 18.2 Å². The van der Waals surface area contributed by atoms with Gasteiger partial charge >= 0.3 is 0 Å². The van der Waals surface area contributed by atoms with E-state index in [0.29, 0.717) is 17.9 Å². The van der Waals surface area contributed by atoms with Gasteiger partial charge in [-0.05, 0) is 44.0 Å². The Morgan fingerprint density at radius 1 is 1.43 bits per heavy atom. The van der Waals surface area contributed by atoms with Crippen molar-refractivity contribution in [1.82, 2.24) is 4.90 Å². The Morgan fingerprint density at radius 3 is 2.76 bits per heavy atom. The van der Waals surface area contributed by atoms with Crippen molar-refractivity contribution in [2.75, 3.05) is 32.8 Å². The first-order valence-electron chi connectivity index (χ1n) is 7.19. The number of halogens is 1. The number of para-hydroxylation sites is 1. The number of benzene rings is 1. The van der Waals surface area contributed by atoms with Crippen molar-refractivity contribution in [1.29, 1.82) is 0 Å². The van der Waals surface area contributed by atoms with Crippen LogP contribution >= 0.6 is 12.4 Å². The lowest BCUT2D eigenvalue weighted by molar-refractivity contribution is 0.101. The lowest BCUT2D eigenvalue weighted by Gasteiger charge is -2.22. The third kappa shape index (κ3) is 4.70. The van der Waals surface area contributed by atoms with E-state index in [2.05, 4.69) is 11.8 Å². The van der Waals surface area contributed by atoms with Gasteiger partial charge in [-0.3, -0.25) is 9.69 Å². The molecule has 0 aliphatic carbocycles. The molecule has 1 aliphatic rings. The van der Waals surface area contributed by atoms with Gasteiger partial charge in [0.05, 0.1) is 5.56 Å². The summed E-state index contributed by atoms with van der Waals surface area (Å²) in [5, 5.41) is 0. The number of rotatable bonds is 6. The highest BCUT2D eigenvalue weighted by Gasteiger charge is 2.31. The van der Waals surface area contributed by atoms with Crippen LogP contribution in [0.1, 0.15) is 30.6 Å². The van der Waals surface area contributed by atoms with Gasteiger partial charge in [-0.25, -0.2) is 0 Å². The number of nitrogens with two attached hydrogens (primary N) is 1. The highest BCUT2D eigenvalue weighted by Crippen LogP contribution is 2.28. The van der Waals surface area contributed by atoms with Crippen LogP contribution in [0.4, 0.5) is 0 Å². The third-order valence-corrected chi connectivity index (χ3v) is 4.06. The van der Waals surface area contributed by atoms with Crippen LogP contribution in [0.2, 0.25) is 0 Å². The highest BCUT2D eigenvalue weighted by atomic mass is 35.5. The SMILES string of the molecule is CC(=O)c1ccccc1OCCN1CCC(C)(CN)C1.Cl. The van der Waals surface area contributed by atoms with E-state index >= 15 is 0 Å². The molecular formula is C16H25ClN2O2. The van der Waals surface area contributed by atoms with Crippen molar-refractivity contribution < 1.29 is 9.53 Å². The average molecular weight is 313 g/mol. The van der Waals surface area contributed by atoms with Crippen LogP contribution in [0.25, 0.3) is 0 Å². The lowest BCUT2D eigenvalue weighted by Crippen LogP contribution is -2.33. The molecule has 0 radical (unpaired) electrons. The molecule has 2 N–H and O–H groups in total. The van der Waals surface area contributed by atoms with E-state index in [1.54, 1.807) is 13.0 Å². The number of hydrogen-bond acceptors (Lipinski definition) is 4. The number of carbonyl (C=O) groups is 1. The van der Waals surface area contributed by atoms with Gasteiger partial charge in [0, 0.05) is 13.1 Å². The molecule has 1 aromatic carbocycles. The van der Waals surface area contributed by atoms with Gasteiger partial charge in [-0.15, -0.1) is 12.4 Å². The summed E-state index contributed by atoms with van der Waals surface area (Å²) < 4.78 is 5.77. The van der Waals surface area contributed by atoms with Gasteiger partial charge in [0.25, 0.3) is 0 Å². The molecular weight excluding hydrogens is 288 g/mol. The zero-order chi connectivity index (χ0) is 14.6. The van der Waals surface area contributed by atoms with Gasteiger partial charge in [-0.1, -0.05) is 19.1 Å². The summed E-state index contributed by atoms with van der Waals surface area (Å²) in [6, 6.07) is 7.41. The minimum absolute atomic E-state index is 0. The molecule has 1 unspecified atom stereocenters. The maximum atomic E-state index is 11.5. The topological polar surface area (TPSA) is 55.6 Å². The Hall–Kier alpha value is -1.10. The molecule has 5 heteroatoms. The minimum atomic E-state index is 0. The van der Waals surface area contributed by atoms with E-state index in [0.717, 1.165) is 32.6 Å². The van der Waals surface area contributed by atoms with E-state index in [9.17, 15) is 4.79 Å². The summed E-state index contributed by atoms with van der Waals surface area (Å²) in [5.41, 5.74) is 6.71. The zero-order valence-corrected chi connectivity index (χ0v) is 13.6. The van der Waals surface area contributed by atoms with E-state index < -0.39 is 0 Å². The van der Waals surface area contributed by atoms with Crippen LogP contribution in [0.5, 0.6) is 5.75 Å². The van der Waals surface area contributed by atoms with Crippen LogP contribution < -0.4 is 10.5 Å². The largest absolute Gasteiger partial charge is 0.491 e. The summed E-state index contributed by atoms with van der Waals surface area (Å²) in [4.78, 5) is 13.9. The van der Waals surface area contributed by atoms with E-state index in [-0.39, 0.29) is 23.6 Å². The fourth-order valence-corrected chi connectivity index (χ4v) is 2.65. The molecule has 0 amide bonds. The third-order valence-electron chi connectivity index (χ3n) is 4.06. The number of Topliss-reactive ketones (excluding diaryl/α,β-unsaturated/α-hetero) is 1. The first-order chi connectivity index (χ1) is 9.54. The molecule has 1 heterocycles. The second-order valence-electron chi connectivity index (χ2n) is 5.94. The van der Waals surface area contributed by atoms with Crippen LogP contribution in [-0.4, -0.2) is 43.5 Å². The second-order valence-corrected chi connectivity index (χ2v) is 5.94. The molecule has 4 nitrogen and oxygen atoms in total. The molecule has 21 heavy (non-hydrogen) atoms. The average Bonchev–Trinajstić information content (AvgIpc) is 2.82. The van der Waals surface area contributed by atoms with Crippen molar-refractivity contribution in [2.45, 2.75) is 20.3 Å². The summed E-state index contributed by atoms with van der Waals surface area (Å²) in [5.74, 6) is 0.721. The van der Waals surface area contributed by atoms with Gasteiger partial charge in [-0.2, -0.15) is 0 Å². The molecule has 1 fully saturated rings. The Bertz CT molecular complexity index is 481. The number of nitrogens with zero attached hydrogens (tertiary/aromatic N) is 1. The number of ketones is 1. The quantitative estimate of drug-likeness (QED) is 0.819. The fraction of sp³-hybridized carbons (Fsp3) is 0.562. The number of hydrogen-bond donors (Lipinski definition) is 1. The van der Waals surface area contributed by atoms with Crippen LogP contribution in [0, 0.1) is 5.41 Å². The Balaban J connectivity index is 0.00000220. The van der Waals surface area contributed by atoms with E-state index in [4.69, 9.17) is 10.5 Å². The normalized spacial score (nSPS) is 21.9. The summed E-state index contributed by atoms with van der Waals surface area (Å²) in [7, 11) is 0. The zero-order valence-electron chi connectivity index (χ0n) is 12.8. The predicted molar refractivity (Wildman–Crippen MR) is 87.4 cm³/mol. The summed E-state index contributed by atoms with van der Waals surface area (Å²) in [6.07, 6.45) is 1.15. The standard InChI is InChI=1S/C16H24N2O2.ClH/c1-13(19)14-5-3-4-6-15(14)20-10-9-18-8-7-16(2,11-17)12-18;/h3-6H,7-12,17H2,1-2H3;1H. The maximum Gasteiger partial charge on any atom is 0.163 e. The smallest absolute Gasteiger partial charge is 0.163 e. The minimum Gasteiger partial charge on any atom is -0.491 e. The van der Waals surface area contributed by atoms with Crippen molar-refractivity contribution >= 4 is 18.2 Å². The van der Waals surface area contributed by atoms with Gasteiger partial charge in [0.1, 0.15) is 12.4 Å². The molecule has 1 atom stereocenters. The van der Waals surface area contributed by atoms with Gasteiger partial charge in [0.2, 0.25) is 0 Å². The van der Waals surface area contributed by atoms with Crippen LogP contribution in [0.15, 0.2) is 24.3 Å². The highest BCUT2D eigenvalue weighted by molar-refractivity contribution is 5.96. The Morgan fingerprint density at radius 2 is 2.14 bits per heavy atom. The van der Waals surface area contributed by atoms with Crippen molar-refractivity contribution in [3.05, 3.63) is 29.8 Å². The molecule has 0 bridgehead atoms. The first-order valence-corrected chi connectivity index (χ1v) is 7.19. The summed E-state index contributed by atoms with van der Waals surface area (Å²) in [6.45, 7) is 8.12. The molecule has 2 rings (SSSR count).